The van der Waals surface area contributed by atoms with Crippen LogP contribution in [0.5, 0.6) is 0 Å². The van der Waals surface area contributed by atoms with Gasteiger partial charge in [-0.15, -0.1) is 24.2 Å². The van der Waals surface area contributed by atoms with Crippen LogP contribution in [0.3, 0.4) is 0 Å². The number of aromatic nitrogens is 2. The molecule has 0 atom stereocenters. The van der Waals surface area contributed by atoms with E-state index < -0.39 is 0 Å². The maximum Gasteiger partial charge on any atom is 0.0963 e. The van der Waals surface area contributed by atoms with Gasteiger partial charge < -0.3 is 0 Å². The highest BCUT2D eigenvalue weighted by Crippen LogP contribution is 2.18. The van der Waals surface area contributed by atoms with Crippen LogP contribution in [0, 0.1) is 0 Å². The summed E-state index contributed by atoms with van der Waals surface area (Å²) in [6, 6.07) is 11.9. The molecule has 0 aliphatic heterocycles. The monoisotopic (exact) mass is 238 g/mol. The molecule has 0 saturated heterocycles. The lowest BCUT2D eigenvalue weighted by molar-refractivity contribution is 1.12. The van der Waals surface area contributed by atoms with E-state index >= 15 is 0 Å². The third-order valence-electron chi connectivity index (χ3n) is 1.73. The van der Waals surface area contributed by atoms with Gasteiger partial charge in [-0.05, 0) is 24.3 Å². The number of halogens is 1. The van der Waals surface area contributed by atoms with Crippen LogP contribution in [0.15, 0.2) is 53.8 Å². The Kier molecular flexibility index (Phi) is 5.15. The first kappa shape index (κ1) is 12.0. The minimum absolute atomic E-state index is 0. The number of thioether (sulfide) groups is 1. The fourth-order valence-corrected chi connectivity index (χ4v) is 1.84. The van der Waals surface area contributed by atoms with Gasteiger partial charge in [0.1, 0.15) is 0 Å². The standard InChI is InChI=1S/C11H10N2S.ClH/c1-3-7-12-10(5-1)9-14-11-6-2-4-8-13-11;/h1-8H,9H2;1H. The second-order valence-electron chi connectivity index (χ2n) is 2.78. The van der Waals surface area contributed by atoms with Gasteiger partial charge >= 0.3 is 0 Å². The molecule has 2 rings (SSSR count). The normalized spacial score (nSPS) is 9.33. The summed E-state index contributed by atoms with van der Waals surface area (Å²) in [5.74, 6) is 0.873. The molecule has 0 fully saturated rings. The first-order valence-corrected chi connectivity index (χ1v) is 5.37. The van der Waals surface area contributed by atoms with Crippen molar-refractivity contribution in [2.45, 2.75) is 10.8 Å². The summed E-state index contributed by atoms with van der Waals surface area (Å²) in [6.45, 7) is 0. The maximum absolute atomic E-state index is 4.25. The van der Waals surface area contributed by atoms with Gasteiger partial charge in [0.05, 0.1) is 10.7 Å². The van der Waals surface area contributed by atoms with Crippen molar-refractivity contribution in [3.63, 3.8) is 0 Å². The SMILES string of the molecule is Cl.c1ccc(CSc2ccccn2)nc1. The van der Waals surface area contributed by atoms with Gasteiger partial charge in [0.25, 0.3) is 0 Å². The first-order chi connectivity index (χ1) is 6.95. The van der Waals surface area contributed by atoms with E-state index in [2.05, 4.69) is 9.97 Å². The average molecular weight is 239 g/mol. The molecule has 15 heavy (non-hydrogen) atoms. The lowest BCUT2D eigenvalue weighted by Gasteiger charge is -1.99. The number of hydrogen-bond acceptors (Lipinski definition) is 3. The van der Waals surface area contributed by atoms with Crippen LogP contribution in [0.2, 0.25) is 0 Å². The molecule has 4 heteroatoms. The summed E-state index contributed by atoms with van der Waals surface area (Å²) in [4.78, 5) is 8.47. The van der Waals surface area contributed by atoms with Gasteiger partial charge in [-0.25, -0.2) is 4.98 Å². The Balaban J connectivity index is 0.00000112. The molecule has 0 unspecified atom stereocenters. The fraction of sp³-hybridized carbons (Fsp3) is 0.0909. The smallest absolute Gasteiger partial charge is 0.0963 e. The van der Waals surface area contributed by atoms with Crippen LogP contribution in [0.25, 0.3) is 0 Å². The van der Waals surface area contributed by atoms with Gasteiger partial charge in [-0.3, -0.25) is 4.98 Å². The van der Waals surface area contributed by atoms with Gasteiger partial charge in [0, 0.05) is 18.1 Å². The van der Waals surface area contributed by atoms with Crippen molar-refractivity contribution in [3.05, 3.63) is 54.5 Å². The highest BCUT2D eigenvalue weighted by molar-refractivity contribution is 7.98. The Hall–Kier alpha value is -1.06. The Morgan fingerprint density at radius 3 is 2.27 bits per heavy atom. The van der Waals surface area contributed by atoms with E-state index in [1.807, 2.05) is 42.6 Å². The molecule has 0 aliphatic rings. The topological polar surface area (TPSA) is 25.8 Å². The van der Waals surface area contributed by atoms with E-state index in [1.54, 1.807) is 18.0 Å². The van der Waals surface area contributed by atoms with Crippen molar-refractivity contribution in [3.8, 4) is 0 Å². The van der Waals surface area contributed by atoms with Crippen molar-refractivity contribution in [1.29, 1.82) is 0 Å². The molecule has 0 aromatic carbocycles. The summed E-state index contributed by atoms with van der Waals surface area (Å²) in [5, 5.41) is 1.04. The number of rotatable bonds is 3. The van der Waals surface area contributed by atoms with E-state index in [0.29, 0.717) is 0 Å². The predicted octanol–water partition coefficient (Wildman–Crippen LogP) is 3.19. The molecule has 0 saturated carbocycles. The minimum Gasteiger partial charge on any atom is -0.260 e. The summed E-state index contributed by atoms with van der Waals surface area (Å²) in [5.41, 5.74) is 1.09. The Morgan fingerprint density at radius 1 is 0.933 bits per heavy atom. The zero-order valence-electron chi connectivity index (χ0n) is 8.04. The molecule has 78 valence electrons. The molecule has 2 aromatic heterocycles. The number of pyridine rings is 2. The average Bonchev–Trinajstić information content (AvgIpc) is 2.29. The van der Waals surface area contributed by atoms with Crippen LogP contribution >= 0.6 is 24.2 Å². The largest absolute Gasteiger partial charge is 0.260 e. The third kappa shape index (κ3) is 3.90. The highest BCUT2D eigenvalue weighted by atomic mass is 35.5. The van der Waals surface area contributed by atoms with E-state index in [4.69, 9.17) is 0 Å². The van der Waals surface area contributed by atoms with E-state index in [9.17, 15) is 0 Å². The Morgan fingerprint density at radius 2 is 1.67 bits per heavy atom. The lowest BCUT2D eigenvalue weighted by Crippen LogP contribution is -1.85. The first-order valence-electron chi connectivity index (χ1n) is 4.39. The lowest BCUT2D eigenvalue weighted by atomic mass is 10.4. The molecular weight excluding hydrogens is 228 g/mol. The fourth-order valence-electron chi connectivity index (χ4n) is 1.06. The van der Waals surface area contributed by atoms with E-state index in [-0.39, 0.29) is 12.4 Å². The van der Waals surface area contributed by atoms with E-state index in [1.165, 1.54) is 0 Å². The zero-order chi connectivity index (χ0) is 9.64. The summed E-state index contributed by atoms with van der Waals surface area (Å²) >= 11 is 1.70. The van der Waals surface area contributed by atoms with Crippen LogP contribution in [-0.4, -0.2) is 9.97 Å². The Labute approximate surface area is 99.6 Å². The van der Waals surface area contributed by atoms with Crippen molar-refractivity contribution in [2.75, 3.05) is 0 Å². The number of hydrogen-bond donors (Lipinski definition) is 0. The summed E-state index contributed by atoms with van der Waals surface area (Å²) in [7, 11) is 0. The van der Waals surface area contributed by atoms with E-state index in [0.717, 1.165) is 16.5 Å². The van der Waals surface area contributed by atoms with Crippen molar-refractivity contribution in [2.24, 2.45) is 0 Å². The van der Waals surface area contributed by atoms with Crippen molar-refractivity contribution < 1.29 is 0 Å². The molecule has 0 spiro atoms. The Bertz CT molecular complexity index is 341. The molecule has 0 bridgehead atoms. The van der Waals surface area contributed by atoms with Crippen LogP contribution in [0.4, 0.5) is 0 Å². The van der Waals surface area contributed by atoms with Crippen LogP contribution in [-0.2, 0) is 5.75 Å². The zero-order valence-corrected chi connectivity index (χ0v) is 9.67. The number of nitrogens with zero attached hydrogens (tertiary/aromatic N) is 2. The summed E-state index contributed by atoms with van der Waals surface area (Å²) in [6.07, 6.45) is 3.62. The molecule has 2 heterocycles. The highest BCUT2D eigenvalue weighted by Gasteiger charge is 1.96. The molecule has 0 radical (unpaired) electrons. The molecular formula is C11H11ClN2S. The van der Waals surface area contributed by atoms with Crippen LogP contribution in [0.1, 0.15) is 5.69 Å². The predicted molar refractivity (Wildman–Crippen MR) is 65.3 cm³/mol. The second-order valence-corrected chi connectivity index (χ2v) is 3.77. The van der Waals surface area contributed by atoms with Crippen molar-refractivity contribution >= 4 is 24.2 Å². The molecule has 0 aliphatic carbocycles. The van der Waals surface area contributed by atoms with Crippen LogP contribution < -0.4 is 0 Å². The molecule has 0 N–H and O–H groups in total. The molecule has 2 aromatic rings. The van der Waals surface area contributed by atoms with Crippen molar-refractivity contribution in [1.82, 2.24) is 9.97 Å². The van der Waals surface area contributed by atoms with Gasteiger partial charge in [-0.2, -0.15) is 0 Å². The quantitative estimate of drug-likeness (QED) is 0.768. The third-order valence-corrected chi connectivity index (χ3v) is 2.71. The summed E-state index contributed by atoms with van der Waals surface area (Å²) < 4.78 is 0. The minimum atomic E-state index is 0. The van der Waals surface area contributed by atoms with Gasteiger partial charge in [0.15, 0.2) is 0 Å². The molecule has 0 amide bonds. The molecule has 2 nitrogen and oxygen atoms in total. The van der Waals surface area contributed by atoms with Gasteiger partial charge in [0.2, 0.25) is 0 Å². The van der Waals surface area contributed by atoms with Gasteiger partial charge in [-0.1, -0.05) is 12.1 Å². The second kappa shape index (κ2) is 6.43. The maximum atomic E-state index is 4.25.